The summed E-state index contributed by atoms with van der Waals surface area (Å²) in [7, 11) is 0. The molecule has 43 heavy (non-hydrogen) atoms. The van der Waals surface area contributed by atoms with Crippen LogP contribution < -0.4 is 27.8 Å². The number of amides is 4. The Labute approximate surface area is 254 Å². The zero-order chi connectivity index (χ0) is 31.8. The third-order valence-corrected chi connectivity index (χ3v) is 8.30. The Bertz CT molecular complexity index is 1340. The zero-order valence-electron chi connectivity index (χ0n) is 26.3. The predicted molar refractivity (Wildman–Crippen MR) is 165 cm³/mol. The summed E-state index contributed by atoms with van der Waals surface area (Å²) in [6, 6.07) is 8.41. The molecule has 2 aromatic rings. The van der Waals surface area contributed by atoms with Crippen molar-refractivity contribution in [1.82, 2.24) is 29.6 Å². The average molecular weight is 597 g/mol. The van der Waals surface area contributed by atoms with Crippen molar-refractivity contribution < 1.29 is 15.8 Å². The maximum absolute atomic E-state index is 12.8. The Morgan fingerprint density at radius 3 is 2.30 bits per heavy atom. The number of hydrogen-bond acceptors (Lipinski definition) is 8. The van der Waals surface area contributed by atoms with Crippen LogP contribution in [0.3, 0.4) is 0 Å². The number of piperazine rings is 1. The van der Waals surface area contributed by atoms with Crippen molar-refractivity contribution >= 4 is 23.7 Å². The summed E-state index contributed by atoms with van der Waals surface area (Å²) < 4.78 is 8.51. The number of benzene rings is 1. The summed E-state index contributed by atoms with van der Waals surface area (Å²) in [5.74, 6) is -0.554. The fourth-order valence-electron chi connectivity index (χ4n) is 5.62. The van der Waals surface area contributed by atoms with E-state index < -0.39 is 29.7 Å². The van der Waals surface area contributed by atoms with Crippen molar-refractivity contribution in [2.24, 2.45) is 11.5 Å². The number of hydrogen-bond donors (Lipinski definition) is 4. The van der Waals surface area contributed by atoms with Crippen LogP contribution >= 0.6 is 0 Å². The molecule has 1 aliphatic carbocycles. The molecule has 1 saturated heterocycles. The standard InChI is InChI=1S/C30H45N9O4/c1-4-36(24-11-7-23(32)8-12-24)19-22-5-9-25(10-6-22)39-14-13-26(35-30(39)43)34-29(42)38-17-15-37(16-18-38)28(41)21(3)33-27(40)20(2)31/h5-6,9-10,13-14,20-21,23-24H,4,7-8,11-12,15-19,31-32H2,1-3H3,(H,33,40)(H,34,35,42,43)/t20-,21+,23?,24?/m1/s1/i/hD. The number of aromatic nitrogens is 2. The van der Waals surface area contributed by atoms with Gasteiger partial charge >= 0.3 is 11.7 Å². The molecular formula is C30H45N9O4. The van der Waals surface area contributed by atoms with Gasteiger partial charge in [0.15, 0.2) is 0 Å². The third-order valence-electron chi connectivity index (χ3n) is 8.30. The van der Waals surface area contributed by atoms with Gasteiger partial charge < -0.3 is 26.6 Å². The Hall–Kier alpha value is -3.81. The minimum atomic E-state index is -0.752. The first-order valence-electron chi connectivity index (χ1n) is 15.6. The molecule has 0 spiro atoms. The Kier molecular flexibility index (Phi) is 10.4. The largest absolute Gasteiger partial charge is 0.354 e. The number of anilines is 1. The summed E-state index contributed by atoms with van der Waals surface area (Å²) in [5, 5.41) is 5.27. The zero-order valence-corrected chi connectivity index (χ0v) is 25.3. The molecule has 2 atom stereocenters. The lowest BCUT2D eigenvalue weighted by molar-refractivity contribution is -0.137. The molecular weight excluding hydrogens is 550 g/mol. The molecule has 6 N–H and O–H groups in total. The van der Waals surface area contributed by atoms with E-state index in [4.69, 9.17) is 7.15 Å². The van der Waals surface area contributed by atoms with Gasteiger partial charge in [0.1, 0.15) is 13.3 Å². The van der Waals surface area contributed by atoms with Crippen LogP contribution in [0.4, 0.5) is 10.6 Å². The maximum atomic E-state index is 12.8. The molecule has 234 valence electrons. The molecule has 4 rings (SSSR count). The van der Waals surface area contributed by atoms with E-state index in [1.54, 1.807) is 29.0 Å². The third kappa shape index (κ3) is 8.39. The normalized spacial score (nSPS) is 20.7. The first-order chi connectivity index (χ1) is 21.1. The van der Waals surface area contributed by atoms with E-state index in [2.05, 4.69) is 33.2 Å². The van der Waals surface area contributed by atoms with E-state index in [0.717, 1.165) is 38.8 Å². The molecule has 2 heterocycles. The second-order valence-corrected chi connectivity index (χ2v) is 11.5. The highest BCUT2D eigenvalue weighted by atomic mass is 16.2. The fourth-order valence-corrected chi connectivity index (χ4v) is 5.62. The molecule has 0 unspecified atom stereocenters. The number of nitrogens with two attached hydrogens (primary N) is 2. The van der Waals surface area contributed by atoms with Gasteiger partial charge in [-0.2, -0.15) is 4.98 Å². The van der Waals surface area contributed by atoms with Crippen molar-refractivity contribution in [3.63, 3.8) is 0 Å². The summed E-state index contributed by atoms with van der Waals surface area (Å²) >= 11 is 0. The molecule has 1 saturated carbocycles. The van der Waals surface area contributed by atoms with Gasteiger partial charge in [-0.1, -0.05) is 19.1 Å². The van der Waals surface area contributed by atoms with E-state index >= 15 is 0 Å². The van der Waals surface area contributed by atoms with Crippen LogP contribution in [-0.2, 0) is 16.1 Å². The molecule has 1 aromatic heterocycles. The Balaban J connectivity index is 1.28. The molecule has 1 aromatic carbocycles. The quantitative estimate of drug-likeness (QED) is 0.313. The molecule has 0 radical (unpaired) electrons. The molecule has 2 fully saturated rings. The summed E-state index contributed by atoms with van der Waals surface area (Å²) in [6.07, 6.45) is 5.97. The van der Waals surface area contributed by atoms with Crippen LogP contribution in [0.15, 0.2) is 41.3 Å². The second kappa shape index (κ2) is 14.6. The van der Waals surface area contributed by atoms with Crippen LogP contribution in [-0.4, -0.2) is 99.0 Å². The van der Waals surface area contributed by atoms with Crippen molar-refractivity contribution in [2.45, 2.75) is 77.2 Å². The lowest BCUT2D eigenvalue weighted by atomic mass is 9.90. The molecule has 1 aliphatic heterocycles. The second-order valence-electron chi connectivity index (χ2n) is 11.5. The van der Waals surface area contributed by atoms with Gasteiger partial charge in [0.25, 0.3) is 0 Å². The summed E-state index contributed by atoms with van der Waals surface area (Å²) in [6.45, 7) is 8.29. The SMILES string of the molecule is [2H]N[C@H](C)C(=O)N[C@@H](C)C(=O)N1CCN(C(=O)Nc2ccn(-c3ccc(CN(CC)C4CCC(N)CC4)cc3)c(=O)n2)CC1. The van der Waals surface area contributed by atoms with E-state index in [1.807, 2.05) is 24.3 Å². The molecule has 4 amide bonds. The molecule has 13 heteroatoms. The highest BCUT2D eigenvalue weighted by Gasteiger charge is 2.28. The number of rotatable bonds is 10. The number of urea groups is 1. The molecule has 0 bridgehead atoms. The van der Waals surface area contributed by atoms with E-state index in [1.165, 1.54) is 17.1 Å². The van der Waals surface area contributed by atoms with Gasteiger partial charge in [-0.05, 0) is 69.8 Å². The summed E-state index contributed by atoms with van der Waals surface area (Å²) in [5.41, 5.74) is 9.53. The monoisotopic (exact) mass is 596 g/mol. The maximum Gasteiger partial charge on any atom is 0.354 e. The van der Waals surface area contributed by atoms with Gasteiger partial charge in [-0.15, -0.1) is 0 Å². The van der Waals surface area contributed by atoms with Crippen LogP contribution in [0.2, 0.25) is 1.41 Å². The average Bonchev–Trinajstić information content (AvgIpc) is 3.03. The number of carbonyl (C=O) groups is 3. The van der Waals surface area contributed by atoms with Crippen LogP contribution in [0, 0.1) is 0 Å². The lowest BCUT2D eigenvalue weighted by Gasteiger charge is -2.36. The van der Waals surface area contributed by atoms with E-state index in [0.29, 0.717) is 30.9 Å². The fraction of sp³-hybridized carbons (Fsp3) is 0.567. The minimum absolute atomic E-state index is 0.144. The molecule has 2 aliphatic rings. The topological polar surface area (TPSA) is 172 Å². The van der Waals surface area contributed by atoms with Crippen molar-refractivity contribution in [2.75, 3.05) is 38.0 Å². The van der Waals surface area contributed by atoms with Crippen molar-refractivity contribution in [3.05, 3.63) is 52.6 Å². The van der Waals surface area contributed by atoms with Crippen LogP contribution in [0.25, 0.3) is 5.69 Å². The number of nitrogens with one attached hydrogen (secondary N) is 2. The van der Waals surface area contributed by atoms with Gasteiger partial charge in [0.2, 0.25) is 11.8 Å². The van der Waals surface area contributed by atoms with Crippen molar-refractivity contribution in [3.8, 4) is 5.69 Å². The highest BCUT2D eigenvalue weighted by molar-refractivity contribution is 5.90. The van der Waals surface area contributed by atoms with Crippen molar-refractivity contribution in [1.29, 1.82) is 0 Å². The van der Waals surface area contributed by atoms with Crippen LogP contribution in [0.1, 0.15) is 52.0 Å². The van der Waals surface area contributed by atoms with E-state index in [-0.39, 0.29) is 24.8 Å². The minimum Gasteiger partial charge on any atom is -0.343 e. The number of carbonyl (C=O) groups excluding carboxylic acids is 3. The summed E-state index contributed by atoms with van der Waals surface area (Å²) in [4.78, 5) is 60.1. The van der Waals surface area contributed by atoms with Gasteiger partial charge in [0, 0.05) is 51.0 Å². The smallest absolute Gasteiger partial charge is 0.343 e. The predicted octanol–water partition coefficient (Wildman–Crippen LogP) is 0.852. The van der Waals surface area contributed by atoms with Gasteiger partial charge in [-0.3, -0.25) is 24.4 Å². The van der Waals surface area contributed by atoms with Crippen LogP contribution in [0.5, 0.6) is 0 Å². The van der Waals surface area contributed by atoms with E-state index in [9.17, 15) is 19.2 Å². The van der Waals surface area contributed by atoms with Gasteiger partial charge in [-0.25, -0.2) is 9.59 Å². The Morgan fingerprint density at radius 2 is 1.70 bits per heavy atom. The lowest BCUT2D eigenvalue weighted by Crippen LogP contribution is -2.56. The highest BCUT2D eigenvalue weighted by Crippen LogP contribution is 2.24. The first-order valence-corrected chi connectivity index (χ1v) is 15.1. The van der Waals surface area contributed by atoms with Gasteiger partial charge in [0.05, 0.1) is 11.7 Å². The first kappa shape index (κ1) is 30.6. The number of nitrogens with zero attached hydrogens (tertiary/aromatic N) is 5. The molecule has 13 nitrogen and oxygen atoms in total. The Morgan fingerprint density at radius 1 is 1.05 bits per heavy atom.